The third-order valence-corrected chi connectivity index (χ3v) is 1.07. The van der Waals surface area contributed by atoms with Crippen molar-refractivity contribution in [1.82, 2.24) is 0 Å². The molecular formula is C4H3ClO3. The van der Waals surface area contributed by atoms with Gasteiger partial charge in [-0.15, -0.1) is 0 Å². The number of hydrogen-bond donors (Lipinski definition) is 1. The number of cyclic esters (lactones) is 1. The maximum Gasteiger partial charge on any atom is 0.375 e. The SMILES string of the molecule is O=C1OCC(Cl)=C1O. The zero-order valence-corrected chi connectivity index (χ0v) is 4.60. The summed E-state index contributed by atoms with van der Waals surface area (Å²) in [5, 5.41) is 8.62. The summed E-state index contributed by atoms with van der Waals surface area (Å²) >= 11 is 5.24. The normalized spacial score (nSPS) is 19.4. The van der Waals surface area contributed by atoms with E-state index in [0.717, 1.165) is 0 Å². The van der Waals surface area contributed by atoms with Gasteiger partial charge in [0.25, 0.3) is 0 Å². The Balaban J connectivity index is 2.86. The van der Waals surface area contributed by atoms with Crippen molar-refractivity contribution < 1.29 is 14.6 Å². The van der Waals surface area contributed by atoms with Crippen LogP contribution in [0, 0.1) is 0 Å². The van der Waals surface area contributed by atoms with E-state index in [1.165, 1.54) is 0 Å². The van der Waals surface area contributed by atoms with Gasteiger partial charge in [-0.2, -0.15) is 0 Å². The van der Waals surface area contributed by atoms with E-state index in [1.54, 1.807) is 0 Å². The van der Waals surface area contributed by atoms with E-state index in [-0.39, 0.29) is 11.6 Å². The van der Waals surface area contributed by atoms with Gasteiger partial charge in [-0.3, -0.25) is 0 Å². The molecule has 8 heavy (non-hydrogen) atoms. The molecule has 1 heterocycles. The molecule has 0 bridgehead atoms. The van der Waals surface area contributed by atoms with Gasteiger partial charge < -0.3 is 9.84 Å². The van der Waals surface area contributed by atoms with Crippen LogP contribution in [0.5, 0.6) is 0 Å². The molecule has 1 aliphatic heterocycles. The van der Waals surface area contributed by atoms with Crippen LogP contribution in [0.25, 0.3) is 0 Å². The molecule has 44 valence electrons. The molecule has 0 aliphatic carbocycles. The van der Waals surface area contributed by atoms with Gasteiger partial charge in [-0.1, -0.05) is 11.6 Å². The second-order valence-electron chi connectivity index (χ2n) is 1.33. The van der Waals surface area contributed by atoms with Crippen molar-refractivity contribution in [2.45, 2.75) is 0 Å². The zero-order valence-electron chi connectivity index (χ0n) is 3.85. The van der Waals surface area contributed by atoms with E-state index < -0.39 is 11.7 Å². The van der Waals surface area contributed by atoms with Crippen LogP contribution in [0.15, 0.2) is 10.8 Å². The largest absolute Gasteiger partial charge is 0.501 e. The molecule has 0 unspecified atom stereocenters. The number of hydrogen-bond acceptors (Lipinski definition) is 3. The van der Waals surface area contributed by atoms with Gasteiger partial charge in [-0.25, -0.2) is 4.79 Å². The first kappa shape index (κ1) is 5.44. The lowest BCUT2D eigenvalue weighted by molar-refractivity contribution is -0.138. The molecule has 0 fully saturated rings. The van der Waals surface area contributed by atoms with Crippen LogP contribution < -0.4 is 0 Å². The van der Waals surface area contributed by atoms with Crippen LogP contribution in [-0.2, 0) is 9.53 Å². The molecule has 1 rings (SSSR count). The van der Waals surface area contributed by atoms with Gasteiger partial charge >= 0.3 is 5.97 Å². The molecule has 0 aromatic heterocycles. The van der Waals surface area contributed by atoms with Gasteiger partial charge in [0.1, 0.15) is 11.6 Å². The Morgan fingerprint density at radius 2 is 2.38 bits per heavy atom. The van der Waals surface area contributed by atoms with E-state index >= 15 is 0 Å². The molecule has 0 aromatic rings. The van der Waals surface area contributed by atoms with Crippen molar-refractivity contribution in [3.8, 4) is 0 Å². The van der Waals surface area contributed by atoms with Gasteiger partial charge in [0, 0.05) is 0 Å². The van der Waals surface area contributed by atoms with Gasteiger partial charge in [-0.05, 0) is 0 Å². The summed E-state index contributed by atoms with van der Waals surface area (Å²) in [5.74, 6) is -1.21. The molecule has 3 nitrogen and oxygen atoms in total. The van der Waals surface area contributed by atoms with E-state index in [2.05, 4.69) is 4.74 Å². The second kappa shape index (κ2) is 1.67. The minimum absolute atomic E-state index is 0.00617. The fourth-order valence-electron chi connectivity index (χ4n) is 0.376. The summed E-state index contributed by atoms with van der Waals surface area (Å²) in [6.45, 7) is 0.00617. The lowest BCUT2D eigenvalue weighted by Crippen LogP contribution is -1.96. The maximum atomic E-state index is 10.2. The van der Waals surface area contributed by atoms with Crippen molar-refractivity contribution in [3.63, 3.8) is 0 Å². The number of rotatable bonds is 0. The summed E-state index contributed by atoms with van der Waals surface area (Å²) in [6, 6.07) is 0. The summed E-state index contributed by atoms with van der Waals surface area (Å²) in [7, 11) is 0. The van der Waals surface area contributed by atoms with E-state index in [1.807, 2.05) is 0 Å². The van der Waals surface area contributed by atoms with E-state index in [4.69, 9.17) is 16.7 Å². The first-order chi connectivity index (χ1) is 3.72. The number of aliphatic hydroxyl groups is 1. The average molecular weight is 135 g/mol. The zero-order chi connectivity index (χ0) is 6.15. The Morgan fingerprint density at radius 1 is 1.75 bits per heavy atom. The van der Waals surface area contributed by atoms with Crippen LogP contribution in [-0.4, -0.2) is 17.7 Å². The maximum absolute atomic E-state index is 10.2. The Bertz CT molecular complexity index is 161. The van der Waals surface area contributed by atoms with Crippen molar-refractivity contribution in [2.24, 2.45) is 0 Å². The second-order valence-corrected chi connectivity index (χ2v) is 1.79. The number of carbonyl (C=O) groups is 1. The molecule has 0 amide bonds. The number of aliphatic hydroxyl groups excluding tert-OH is 1. The van der Waals surface area contributed by atoms with Gasteiger partial charge in [0.15, 0.2) is 0 Å². The molecule has 1 N–H and O–H groups in total. The molecule has 1 aliphatic rings. The van der Waals surface area contributed by atoms with Gasteiger partial charge in [0.05, 0.1) is 0 Å². The standard InChI is InChI=1S/C4H3ClO3/c5-2-1-8-4(7)3(2)6/h6H,1H2. The monoisotopic (exact) mass is 134 g/mol. The highest BCUT2D eigenvalue weighted by Crippen LogP contribution is 2.15. The molecule has 0 aromatic carbocycles. The molecule has 0 saturated heterocycles. The molecule has 0 saturated carbocycles. The number of halogens is 1. The number of ether oxygens (including phenoxy) is 1. The molecule has 0 atom stereocenters. The minimum atomic E-state index is -0.741. The van der Waals surface area contributed by atoms with Crippen LogP contribution in [0.4, 0.5) is 0 Å². The van der Waals surface area contributed by atoms with Crippen LogP contribution in [0.3, 0.4) is 0 Å². The minimum Gasteiger partial charge on any atom is -0.501 e. The molecule has 4 heteroatoms. The Labute approximate surface area is 50.5 Å². The molecule has 0 spiro atoms. The molecule has 0 radical (unpaired) electrons. The summed E-state index contributed by atoms with van der Waals surface area (Å²) < 4.78 is 4.28. The van der Waals surface area contributed by atoms with Crippen molar-refractivity contribution in [1.29, 1.82) is 0 Å². The van der Waals surface area contributed by atoms with Crippen molar-refractivity contribution in [3.05, 3.63) is 10.8 Å². The van der Waals surface area contributed by atoms with Crippen molar-refractivity contribution in [2.75, 3.05) is 6.61 Å². The summed E-state index contributed by atoms with van der Waals surface area (Å²) in [5.41, 5.74) is 0. The van der Waals surface area contributed by atoms with E-state index in [9.17, 15) is 4.79 Å². The van der Waals surface area contributed by atoms with Gasteiger partial charge in [0.2, 0.25) is 5.76 Å². The average Bonchev–Trinajstić information content (AvgIpc) is 1.98. The highest BCUT2D eigenvalue weighted by Gasteiger charge is 2.21. The Kier molecular flexibility index (Phi) is 1.13. The highest BCUT2D eigenvalue weighted by molar-refractivity contribution is 6.32. The Hall–Kier alpha value is -0.700. The first-order valence-electron chi connectivity index (χ1n) is 1.96. The fraction of sp³-hybridized carbons (Fsp3) is 0.250. The third kappa shape index (κ3) is 0.648. The lowest BCUT2D eigenvalue weighted by atomic mass is 10.5. The highest BCUT2D eigenvalue weighted by atomic mass is 35.5. The predicted molar refractivity (Wildman–Crippen MR) is 26.5 cm³/mol. The predicted octanol–water partition coefficient (Wildman–Crippen LogP) is 0.552. The van der Waals surface area contributed by atoms with Crippen molar-refractivity contribution >= 4 is 17.6 Å². The van der Waals surface area contributed by atoms with Crippen LogP contribution >= 0.6 is 11.6 Å². The number of esters is 1. The topological polar surface area (TPSA) is 46.5 Å². The van der Waals surface area contributed by atoms with E-state index in [0.29, 0.717) is 0 Å². The van der Waals surface area contributed by atoms with Crippen LogP contribution in [0.2, 0.25) is 0 Å². The van der Waals surface area contributed by atoms with Crippen LogP contribution in [0.1, 0.15) is 0 Å². The lowest BCUT2D eigenvalue weighted by Gasteiger charge is -1.84. The number of carbonyl (C=O) groups excluding carboxylic acids is 1. The first-order valence-corrected chi connectivity index (χ1v) is 2.34. The summed E-state index contributed by atoms with van der Waals surface area (Å²) in [6.07, 6.45) is 0. The fourth-order valence-corrected chi connectivity index (χ4v) is 0.508. The Morgan fingerprint density at radius 3 is 2.50 bits per heavy atom. The third-order valence-electron chi connectivity index (χ3n) is 0.780. The quantitative estimate of drug-likeness (QED) is 0.492. The summed E-state index contributed by atoms with van der Waals surface area (Å²) in [4.78, 5) is 10.2. The smallest absolute Gasteiger partial charge is 0.375 e. The molecular weight excluding hydrogens is 131 g/mol.